The SMILES string of the molecule is Cc1ccc(C(C)C)c(OCC(=O)N/N=C\c2cc(C)n(-c3nccs3)c2C)c1. The molecule has 0 aliphatic carbocycles. The maximum Gasteiger partial charge on any atom is 0.277 e. The topological polar surface area (TPSA) is 68.5 Å². The molecular formula is C22H26N4O2S. The Hall–Kier alpha value is -2.93. The van der Waals surface area contributed by atoms with Gasteiger partial charge in [0.05, 0.1) is 6.21 Å². The second kappa shape index (κ2) is 9.05. The van der Waals surface area contributed by atoms with Gasteiger partial charge in [0.2, 0.25) is 0 Å². The number of ether oxygens (including phenoxy) is 1. The zero-order chi connectivity index (χ0) is 21.0. The number of aryl methyl sites for hydroxylation is 2. The summed E-state index contributed by atoms with van der Waals surface area (Å²) in [4.78, 5) is 16.5. The van der Waals surface area contributed by atoms with E-state index >= 15 is 0 Å². The average molecular weight is 411 g/mol. The van der Waals surface area contributed by atoms with Crippen LogP contribution < -0.4 is 10.2 Å². The molecule has 3 rings (SSSR count). The molecule has 0 saturated heterocycles. The molecule has 3 aromatic rings. The van der Waals surface area contributed by atoms with Gasteiger partial charge in [-0.3, -0.25) is 9.36 Å². The highest BCUT2D eigenvalue weighted by Gasteiger charge is 2.12. The summed E-state index contributed by atoms with van der Waals surface area (Å²) in [5.41, 5.74) is 7.73. The van der Waals surface area contributed by atoms with Gasteiger partial charge in [-0.15, -0.1) is 11.3 Å². The number of carbonyl (C=O) groups excluding carboxylic acids is 1. The Labute approximate surface area is 175 Å². The number of hydrogen-bond acceptors (Lipinski definition) is 5. The van der Waals surface area contributed by atoms with Crippen LogP contribution in [0.5, 0.6) is 5.75 Å². The number of benzene rings is 1. The van der Waals surface area contributed by atoms with Crippen LogP contribution in [0.4, 0.5) is 0 Å². The van der Waals surface area contributed by atoms with Gasteiger partial charge in [0.1, 0.15) is 5.75 Å². The molecule has 0 aliphatic heterocycles. The molecule has 6 nitrogen and oxygen atoms in total. The second-order valence-electron chi connectivity index (χ2n) is 7.25. The van der Waals surface area contributed by atoms with E-state index in [0.717, 1.165) is 39.0 Å². The summed E-state index contributed by atoms with van der Waals surface area (Å²) >= 11 is 1.58. The second-order valence-corrected chi connectivity index (χ2v) is 8.13. The Morgan fingerprint density at radius 3 is 2.79 bits per heavy atom. The number of thiazole rings is 1. The third kappa shape index (κ3) is 4.92. The lowest BCUT2D eigenvalue weighted by atomic mass is 10.0. The zero-order valence-corrected chi connectivity index (χ0v) is 18.2. The van der Waals surface area contributed by atoms with Gasteiger partial charge >= 0.3 is 0 Å². The molecule has 1 aromatic carbocycles. The number of rotatable bonds is 7. The number of hydrazone groups is 1. The molecular weight excluding hydrogens is 384 g/mol. The molecule has 0 atom stereocenters. The van der Waals surface area contributed by atoms with Crippen molar-refractivity contribution in [3.8, 4) is 10.9 Å². The largest absolute Gasteiger partial charge is 0.483 e. The number of nitrogens with zero attached hydrogens (tertiary/aromatic N) is 3. The van der Waals surface area contributed by atoms with Crippen molar-refractivity contribution in [2.45, 2.75) is 40.5 Å². The van der Waals surface area contributed by atoms with E-state index in [-0.39, 0.29) is 12.5 Å². The van der Waals surface area contributed by atoms with Crippen LogP contribution in [-0.4, -0.2) is 28.3 Å². The molecule has 2 aromatic heterocycles. The third-order valence-corrected chi connectivity index (χ3v) is 5.38. The fraction of sp³-hybridized carbons (Fsp3) is 0.318. The summed E-state index contributed by atoms with van der Waals surface area (Å²) in [6.45, 7) is 10.1. The van der Waals surface area contributed by atoms with Gasteiger partial charge in [0.25, 0.3) is 5.91 Å². The van der Waals surface area contributed by atoms with Gasteiger partial charge in [0.15, 0.2) is 11.7 Å². The van der Waals surface area contributed by atoms with Gasteiger partial charge < -0.3 is 4.74 Å². The first-order chi connectivity index (χ1) is 13.9. The Balaban J connectivity index is 1.61. The highest BCUT2D eigenvalue weighted by atomic mass is 32.1. The van der Waals surface area contributed by atoms with E-state index in [1.807, 2.05) is 44.4 Å². The molecule has 29 heavy (non-hydrogen) atoms. The molecule has 0 fully saturated rings. The number of amides is 1. The summed E-state index contributed by atoms with van der Waals surface area (Å²) < 4.78 is 7.81. The maximum atomic E-state index is 12.2. The highest BCUT2D eigenvalue weighted by molar-refractivity contribution is 7.12. The molecule has 152 valence electrons. The minimum atomic E-state index is -0.300. The maximum absolute atomic E-state index is 12.2. The molecule has 2 heterocycles. The quantitative estimate of drug-likeness (QED) is 0.460. The zero-order valence-electron chi connectivity index (χ0n) is 17.4. The van der Waals surface area contributed by atoms with Crippen LogP contribution in [-0.2, 0) is 4.79 Å². The van der Waals surface area contributed by atoms with Crippen molar-refractivity contribution in [2.24, 2.45) is 5.10 Å². The number of aromatic nitrogens is 2. The van der Waals surface area contributed by atoms with Crippen molar-refractivity contribution in [1.82, 2.24) is 15.0 Å². The predicted molar refractivity (Wildman–Crippen MR) is 117 cm³/mol. The lowest BCUT2D eigenvalue weighted by molar-refractivity contribution is -0.123. The van der Waals surface area contributed by atoms with Crippen LogP contribution in [0.2, 0.25) is 0 Å². The van der Waals surface area contributed by atoms with Gasteiger partial charge in [-0.05, 0) is 49.9 Å². The number of hydrogen-bond donors (Lipinski definition) is 1. The van der Waals surface area contributed by atoms with Crippen molar-refractivity contribution in [3.05, 3.63) is 63.9 Å². The standard InChI is InChI=1S/C22H26N4O2S/c1-14(2)19-7-6-15(3)10-20(19)28-13-21(27)25-24-12-18-11-16(4)26(17(18)5)22-23-8-9-29-22/h6-12,14H,13H2,1-5H3,(H,25,27)/b24-12-. The molecule has 0 saturated carbocycles. The van der Waals surface area contributed by atoms with Gasteiger partial charge in [-0.1, -0.05) is 26.0 Å². The van der Waals surface area contributed by atoms with Crippen LogP contribution in [0.25, 0.3) is 5.13 Å². The first-order valence-electron chi connectivity index (χ1n) is 9.51. The third-order valence-electron chi connectivity index (χ3n) is 4.62. The smallest absolute Gasteiger partial charge is 0.277 e. The van der Waals surface area contributed by atoms with E-state index in [9.17, 15) is 4.79 Å². The molecule has 7 heteroatoms. The first kappa shape index (κ1) is 20.8. The van der Waals surface area contributed by atoms with Crippen LogP contribution in [0.1, 0.15) is 47.8 Å². The molecule has 0 bridgehead atoms. The Kier molecular flexibility index (Phi) is 6.49. The van der Waals surface area contributed by atoms with E-state index in [0.29, 0.717) is 5.92 Å². The molecule has 0 radical (unpaired) electrons. The van der Waals surface area contributed by atoms with Crippen LogP contribution in [0, 0.1) is 20.8 Å². The first-order valence-corrected chi connectivity index (χ1v) is 10.4. The van der Waals surface area contributed by atoms with E-state index in [1.165, 1.54) is 0 Å². The fourth-order valence-corrected chi connectivity index (χ4v) is 3.88. The van der Waals surface area contributed by atoms with Gasteiger partial charge in [-0.25, -0.2) is 10.4 Å². The van der Waals surface area contributed by atoms with Crippen molar-refractivity contribution < 1.29 is 9.53 Å². The van der Waals surface area contributed by atoms with Crippen LogP contribution in [0.15, 0.2) is 40.9 Å². The highest BCUT2D eigenvalue weighted by Crippen LogP contribution is 2.27. The summed E-state index contributed by atoms with van der Waals surface area (Å²) in [6.07, 6.45) is 3.43. The van der Waals surface area contributed by atoms with E-state index < -0.39 is 0 Å². The minimum absolute atomic E-state index is 0.0847. The lowest BCUT2D eigenvalue weighted by Crippen LogP contribution is -2.25. The van der Waals surface area contributed by atoms with Crippen LogP contribution >= 0.6 is 11.3 Å². The molecule has 0 spiro atoms. The van der Waals surface area contributed by atoms with Crippen LogP contribution in [0.3, 0.4) is 0 Å². The monoisotopic (exact) mass is 410 g/mol. The molecule has 1 N–H and O–H groups in total. The molecule has 0 unspecified atom stereocenters. The number of carbonyl (C=O) groups is 1. The van der Waals surface area contributed by atoms with Gasteiger partial charge in [-0.2, -0.15) is 5.10 Å². The van der Waals surface area contributed by atoms with Gasteiger partial charge in [0, 0.05) is 28.5 Å². The van der Waals surface area contributed by atoms with E-state index in [4.69, 9.17) is 4.74 Å². The lowest BCUT2D eigenvalue weighted by Gasteiger charge is -2.14. The minimum Gasteiger partial charge on any atom is -0.483 e. The summed E-state index contributed by atoms with van der Waals surface area (Å²) in [7, 11) is 0. The van der Waals surface area contributed by atoms with Crippen molar-refractivity contribution in [1.29, 1.82) is 0 Å². The van der Waals surface area contributed by atoms with Crippen molar-refractivity contribution in [2.75, 3.05) is 6.61 Å². The summed E-state index contributed by atoms with van der Waals surface area (Å²) in [6, 6.07) is 8.07. The van der Waals surface area contributed by atoms with Crippen molar-refractivity contribution >= 4 is 23.5 Å². The fourth-order valence-electron chi connectivity index (χ4n) is 3.13. The normalized spacial score (nSPS) is 11.4. The van der Waals surface area contributed by atoms with Crippen molar-refractivity contribution in [3.63, 3.8) is 0 Å². The average Bonchev–Trinajstić information content (AvgIpc) is 3.28. The Morgan fingerprint density at radius 2 is 2.10 bits per heavy atom. The Morgan fingerprint density at radius 1 is 1.31 bits per heavy atom. The molecule has 1 amide bonds. The predicted octanol–water partition coefficient (Wildman–Crippen LogP) is 4.51. The summed E-state index contributed by atoms with van der Waals surface area (Å²) in [5.74, 6) is 0.761. The summed E-state index contributed by atoms with van der Waals surface area (Å²) in [5, 5.41) is 6.95. The Bertz CT molecular complexity index is 1020. The number of nitrogens with one attached hydrogen (secondary N) is 1. The van der Waals surface area contributed by atoms with E-state index in [2.05, 4.69) is 40.0 Å². The molecule has 0 aliphatic rings. The van der Waals surface area contributed by atoms with E-state index in [1.54, 1.807) is 23.7 Å².